The lowest BCUT2D eigenvalue weighted by Crippen LogP contribution is -2.60. The molecule has 7 nitrogen and oxygen atoms in total. The van der Waals surface area contributed by atoms with E-state index in [0.29, 0.717) is 16.5 Å². The Labute approximate surface area is 160 Å². The van der Waals surface area contributed by atoms with Crippen LogP contribution in [0.3, 0.4) is 0 Å². The van der Waals surface area contributed by atoms with Crippen LogP contribution in [0.25, 0.3) is 5.65 Å². The van der Waals surface area contributed by atoms with Gasteiger partial charge in [0.2, 0.25) is 11.8 Å². The Bertz CT molecular complexity index is 1050. The number of carbonyl (C=O) groups excluding carboxylic acids is 2. The largest absolute Gasteiger partial charge is 0.322 e. The zero-order chi connectivity index (χ0) is 19.2. The minimum atomic E-state index is -0.993. The molecule has 27 heavy (non-hydrogen) atoms. The van der Waals surface area contributed by atoms with Gasteiger partial charge in [-0.1, -0.05) is 30.0 Å². The molecule has 0 fully saturated rings. The first-order valence-corrected chi connectivity index (χ1v) is 9.48. The SMILES string of the molecule is C[C@@H](Sc1nnc2ccccn12)C(=O)N1c2ccccc2NC(=O)C1(C)C. The number of benzene rings is 1. The summed E-state index contributed by atoms with van der Waals surface area (Å²) in [5.41, 5.74) is 1.07. The maximum atomic E-state index is 13.4. The van der Waals surface area contributed by atoms with E-state index in [9.17, 15) is 9.59 Å². The Hall–Kier alpha value is -2.87. The van der Waals surface area contributed by atoms with E-state index in [4.69, 9.17) is 0 Å². The summed E-state index contributed by atoms with van der Waals surface area (Å²) in [6.07, 6.45) is 1.86. The van der Waals surface area contributed by atoms with Crippen molar-refractivity contribution in [1.82, 2.24) is 14.6 Å². The molecule has 0 unspecified atom stereocenters. The van der Waals surface area contributed by atoms with Crippen molar-refractivity contribution < 1.29 is 9.59 Å². The number of fused-ring (bicyclic) bond motifs is 2. The van der Waals surface area contributed by atoms with Crippen molar-refractivity contribution in [1.29, 1.82) is 0 Å². The van der Waals surface area contributed by atoms with Crippen LogP contribution >= 0.6 is 11.8 Å². The summed E-state index contributed by atoms with van der Waals surface area (Å²) >= 11 is 1.32. The number of thioether (sulfide) groups is 1. The molecule has 0 bridgehead atoms. The number of rotatable bonds is 3. The van der Waals surface area contributed by atoms with E-state index in [-0.39, 0.29) is 11.8 Å². The van der Waals surface area contributed by atoms with Crippen LogP contribution in [0, 0.1) is 0 Å². The third kappa shape index (κ3) is 2.86. The average molecular weight is 381 g/mol. The monoisotopic (exact) mass is 381 g/mol. The Morgan fingerprint density at radius 1 is 1.15 bits per heavy atom. The molecule has 3 heterocycles. The zero-order valence-electron chi connectivity index (χ0n) is 15.2. The van der Waals surface area contributed by atoms with Crippen molar-refractivity contribution in [2.45, 2.75) is 36.7 Å². The number of para-hydroxylation sites is 2. The molecule has 0 spiro atoms. The predicted molar refractivity (Wildman–Crippen MR) is 105 cm³/mol. The first-order valence-electron chi connectivity index (χ1n) is 8.60. The average Bonchev–Trinajstić information content (AvgIpc) is 3.05. The summed E-state index contributed by atoms with van der Waals surface area (Å²) < 4.78 is 1.84. The van der Waals surface area contributed by atoms with Crippen LogP contribution in [0.1, 0.15) is 20.8 Å². The van der Waals surface area contributed by atoms with Crippen LogP contribution in [0.5, 0.6) is 0 Å². The van der Waals surface area contributed by atoms with E-state index in [2.05, 4.69) is 15.5 Å². The minimum Gasteiger partial charge on any atom is -0.322 e. The zero-order valence-corrected chi connectivity index (χ0v) is 16.0. The number of carbonyl (C=O) groups is 2. The van der Waals surface area contributed by atoms with Gasteiger partial charge in [0, 0.05) is 6.20 Å². The van der Waals surface area contributed by atoms with Gasteiger partial charge in [0.15, 0.2) is 10.8 Å². The Kier molecular flexibility index (Phi) is 4.15. The summed E-state index contributed by atoms with van der Waals surface area (Å²) in [4.78, 5) is 27.5. The molecule has 1 aromatic carbocycles. The van der Waals surface area contributed by atoms with Gasteiger partial charge >= 0.3 is 0 Å². The molecule has 3 aromatic rings. The molecule has 4 rings (SSSR count). The van der Waals surface area contributed by atoms with Gasteiger partial charge in [-0.25, -0.2) is 0 Å². The Morgan fingerprint density at radius 2 is 1.89 bits per heavy atom. The van der Waals surface area contributed by atoms with Gasteiger partial charge in [-0.15, -0.1) is 10.2 Å². The van der Waals surface area contributed by atoms with E-state index in [1.54, 1.807) is 24.8 Å². The highest BCUT2D eigenvalue weighted by Gasteiger charge is 2.44. The maximum absolute atomic E-state index is 13.4. The summed E-state index contributed by atoms with van der Waals surface area (Å²) in [6, 6.07) is 13.0. The molecule has 1 aliphatic rings. The van der Waals surface area contributed by atoms with Crippen LogP contribution in [0.15, 0.2) is 53.8 Å². The lowest BCUT2D eigenvalue weighted by atomic mass is 9.96. The molecular weight excluding hydrogens is 362 g/mol. The molecule has 0 saturated heterocycles. The molecule has 8 heteroatoms. The third-order valence-corrected chi connectivity index (χ3v) is 5.68. The molecule has 138 valence electrons. The van der Waals surface area contributed by atoms with Crippen molar-refractivity contribution in [3.05, 3.63) is 48.7 Å². The quantitative estimate of drug-likeness (QED) is 0.706. The van der Waals surface area contributed by atoms with Crippen LogP contribution in [-0.2, 0) is 9.59 Å². The van der Waals surface area contributed by atoms with E-state index >= 15 is 0 Å². The number of amides is 2. The van der Waals surface area contributed by atoms with Gasteiger partial charge in [-0.05, 0) is 45.0 Å². The molecule has 0 saturated carbocycles. The molecule has 1 atom stereocenters. The lowest BCUT2D eigenvalue weighted by molar-refractivity contribution is -0.126. The predicted octanol–water partition coefficient (Wildman–Crippen LogP) is 2.97. The fourth-order valence-corrected chi connectivity index (χ4v) is 4.02. The van der Waals surface area contributed by atoms with Crippen molar-refractivity contribution >= 4 is 40.6 Å². The number of nitrogens with zero attached hydrogens (tertiary/aromatic N) is 4. The van der Waals surface area contributed by atoms with Gasteiger partial charge in [-0.3, -0.25) is 18.9 Å². The molecule has 0 radical (unpaired) electrons. The second-order valence-corrected chi connectivity index (χ2v) is 8.18. The van der Waals surface area contributed by atoms with E-state index in [0.717, 1.165) is 5.65 Å². The van der Waals surface area contributed by atoms with Crippen molar-refractivity contribution in [3.8, 4) is 0 Å². The summed E-state index contributed by atoms with van der Waals surface area (Å²) in [5.74, 6) is -0.361. The number of hydrogen-bond donors (Lipinski definition) is 1. The van der Waals surface area contributed by atoms with Gasteiger partial charge in [-0.2, -0.15) is 0 Å². The highest BCUT2D eigenvalue weighted by atomic mass is 32.2. The summed E-state index contributed by atoms with van der Waals surface area (Å²) in [7, 11) is 0. The molecule has 2 aromatic heterocycles. The van der Waals surface area contributed by atoms with Crippen LogP contribution in [0.2, 0.25) is 0 Å². The van der Waals surface area contributed by atoms with Crippen LogP contribution in [-0.4, -0.2) is 37.2 Å². The fraction of sp³-hybridized carbons (Fsp3) is 0.263. The lowest BCUT2D eigenvalue weighted by Gasteiger charge is -2.42. The Balaban J connectivity index is 1.67. The molecule has 0 aliphatic carbocycles. The molecule has 2 amide bonds. The highest BCUT2D eigenvalue weighted by molar-refractivity contribution is 8.00. The van der Waals surface area contributed by atoms with E-state index in [1.165, 1.54) is 11.8 Å². The fourth-order valence-electron chi connectivity index (χ4n) is 3.14. The van der Waals surface area contributed by atoms with Crippen molar-refractivity contribution in [3.63, 3.8) is 0 Å². The first-order chi connectivity index (χ1) is 12.9. The van der Waals surface area contributed by atoms with Gasteiger partial charge in [0.05, 0.1) is 16.6 Å². The normalized spacial score (nSPS) is 16.7. The van der Waals surface area contributed by atoms with Crippen molar-refractivity contribution in [2.24, 2.45) is 0 Å². The van der Waals surface area contributed by atoms with E-state index in [1.807, 2.05) is 53.9 Å². The number of aromatic nitrogens is 3. The van der Waals surface area contributed by atoms with E-state index < -0.39 is 10.8 Å². The van der Waals surface area contributed by atoms with Gasteiger partial charge < -0.3 is 5.32 Å². The molecule has 1 N–H and O–H groups in total. The third-order valence-electron chi connectivity index (χ3n) is 4.64. The number of hydrogen-bond acceptors (Lipinski definition) is 5. The molecule has 1 aliphatic heterocycles. The summed E-state index contributed by atoms with van der Waals surface area (Å²) in [6.45, 7) is 5.32. The highest BCUT2D eigenvalue weighted by Crippen LogP contribution is 2.38. The van der Waals surface area contributed by atoms with Crippen LogP contribution < -0.4 is 10.2 Å². The second kappa shape index (κ2) is 6.38. The first kappa shape index (κ1) is 17.5. The van der Waals surface area contributed by atoms with Gasteiger partial charge in [0.25, 0.3) is 0 Å². The standard InChI is InChI=1S/C19H19N5O2S/c1-12(27-18-22-21-15-10-6-7-11-23(15)18)16(25)24-14-9-5-4-8-13(14)20-17(26)19(24,2)3/h4-12H,1-3H3,(H,20,26)/t12-/m1/s1. The Morgan fingerprint density at radius 3 is 2.70 bits per heavy atom. The van der Waals surface area contributed by atoms with Crippen molar-refractivity contribution in [2.75, 3.05) is 10.2 Å². The topological polar surface area (TPSA) is 79.6 Å². The smallest absolute Gasteiger partial charge is 0.250 e. The maximum Gasteiger partial charge on any atom is 0.250 e. The number of pyridine rings is 1. The van der Waals surface area contributed by atoms with Gasteiger partial charge in [0.1, 0.15) is 5.54 Å². The number of anilines is 2. The second-order valence-electron chi connectivity index (χ2n) is 6.88. The molecular formula is C19H19N5O2S. The van der Waals surface area contributed by atoms with Crippen LogP contribution in [0.4, 0.5) is 11.4 Å². The minimum absolute atomic E-state index is 0.153. The number of nitrogens with one attached hydrogen (secondary N) is 1. The summed E-state index contributed by atoms with van der Waals surface area (Å²) in [5, 5.41) is 11.4.